The van der Waals surface area contributed by atoms with Crippen LogP contribution in [-0.2, 0) is 6.42 Å². The van der Waals surface area contributed by atoms with Crippen LogP contribution in [0.4, 0.5) is 5.13 Å². The van der Waals surface area contributed by atoms with Crippen LogP contribution in [0, 0.1) is 6.92 Å². The first kappa shape index (κ1) is 16.7. The molecule has 0 unspecified atom stereocenters. The van der Waals surface area contributed by atoms with Gasteiger partial charge < -0.3 is 0 Å². The summed E-state index contributed by atoms with van der Waals surface area (Å²) in [4.78, 5) is 16.9. The van der Waals surface area contributed by atoms with Crippen molar-refractivity contribution in [2.75, 3.05) is 5.32 Å². The predicted octanol–water partition coefficient (Wildman–Crippen LogP) is 5.59. The van der Waals surface area contributed by atoms with Crippen LogP contribution in [0.15, 0.2) is 42.5 Å². The molecule has 0 aliphatic rings. The number of unbranched alkanes of at least 4 members (excludes halogenated alkanes) is 2. The molecular formula is C20H22N2OS. The van der Waals surface area contributed by atoms with Crippen molar-refractivity contribution < 1.29 is 4.79 Å². The van der Waals surface area contributed by atoms with Crippen molar-refractivity contribution in [3.8, 4) is 0 Å². The van der Waals surface area contributed by atoms with Crippen molar-refractivity contribution in [2.24, 2.45) is 0 Å². The maximum atomic E-state index is 12.4. The molecule has 1 N–H and O–H groups in total. The number of nitrogens with one attached hydrogen (secondary N) is 1. The number of thiazole rings is 1. The molecule has 1 heterocycles. The van der Waals surface area contributed by atoms with Crippen molar-refractivity contribution in [3.05, 3.63) is 59.2 Å². The number of aromatic nitrogens is 1. The van der Waals surface area contributed by atoms with Crippen molar-refractivity contribution in [2.45, 2.75) is 39.5 Å². The second-order valence-corrected chi connectivity index (χ2v) is 7.13. The second-order valence-electron chi connectivity index (χ2n) is 6.10. The van der Waals surface area contributed by atoms with Crippen LogP contribution in [0.2, 0.25) is 0 Å². The van der Waals surface area contributed by atoms with E-state index in [4.69, 9.17) is 0 Å². The van der Waals surface area contributed by atoms with Crippen LogP contribution >= 0.6 is 11.3 Å². The van der Waals surface area contributed by atoms with Gasteiger partial charge in [0.25, 0.3) is 5.91 Å². The van der Waals surface area contributed by atoms with Crippen molar-refractivity contribution >= 4 is 32.6 Å². The molecule has 0 radical (unpaired) electrons. The summed E-state index contributed by atoms with van der Waals surface area (Å²) < 4.78 is 1.09. The van der Waals surface area contributed by atoms with Gasteiger partial charge >= 0.3 is 0 Å². The third kappa shape index (κ3) is 4.01. The number of carbonyl (C=O) groups excluding carboxylic acids is 1. The zero-order valence-electron chi connectivity index (χ0n) is 14.1. The smallest absolute Gasteiger partial charge is 0.257 e. The number of amides is 1. The number of hydrogen-bond acceptors (Lipinski definition) is 3. The lowest BCUT2D eigenvalue weighted by Crippen LogP contribution is -2.11. The Bertz CT molecular complexity index is 836. The molecule has 1 amide bonds. The molecule has 3 nitrogen and oxygen atoms in total. The van der Waals surface area contributed by atoms with E-state index in [1.165, 1.54) is 41.7 Å². The highest BCUT2D eigenvalue weighted by atomic mass is 32.1. The number of carbonyl (C=O) groups is 1. The number of rotatable bonds is 6. The third-order valence-electron chi connectivity index (χ3n) is 4.05. The van der Waals surface area contributed by atoms with E-state index in [-0.39, 0.29) is 5.91 Å². The fraction of sp³-hybridized carbons (Fsp3) is 0.300. The van der Waals surface area contributed by atoms with E-state index < -0.39 is 0 Å². The average molecular weight is 338 g/mol. The van der Waals surface area contributed by atoms with Gasteiger partial charge in [-0.05, 0) is 55.2 Å². The lowest BCUT2D eigenvalue weighted by Gasteiger charge is -2.04. The van der Waals surface area contributed by atoms with E-state index in [9.17, 15) is 4.79 Å². The lowest BCUT2D eigenvalue weighted by molar-refractivity contribution is 0.102. The molecule has 124 valence electrons. The number of anilines is 1. The van der Waals surface area contributed by atoms with Gasteiger partial charge in [0.1, 0.15) is 0 Å². The molecule has 24 heavy (non-hydrogen) atoms. The van der Waals surface area contributed by atoms with Crippen LogP contribution in [-0.4, -0.2) is 10.9 Å². The summed E-state index contributed by atoms with van der Waals surface area (Å²) in [5.41, 5.74) is 4.08. The lowest BCUT2D eigenvalue weighted by atomic mass is 10.1. The Morgan fingerprint density at radius 3 is 2.67 bits per heavy atom. The highest BCUT2D eigenvalue weighted by Crippen LogP contribution is 2.27. The van der Waals surface area contributed by atoms with Gasteiger partial charge in [-0.3, -0.25) is 10.1 Å². The van der Waals surface area contributed by atoms with Gasteiger partial charge in [0.15, 0.2) is 5.13 Å². The molecule has 2 aromatic carbocycles. The van der Waals surface area contributed by atoms with Gasteiger partial charge in [-0.1, -0.05) is 49.3 Å². The van der Waals surface area contributed by atoms with Crippen LogP contribution < -0.4 is 5.32 Å². The molecule has 0 saturated carbocycles. The highest BCUT2D eigenvalue weighted by Gasteiger charge is 2.10. The summed E-state index contributed by atoms with van der Waals surface area (Å²) in [5.74, 6) is -0.106. The molecule has 0 atom stereocenters. The second kappa shape index (κ2) is 7.58. The van der Waals surface area contributed by atoms with Gasteiger partial charge in [-0.15, -0.1) is 0 Å². The Morgan fingerprint density at radius 2 is 1.92 bits per heavy atom. The van der Waals surface area contributed by atoms with E-state index >= 15 is 0 Å². The SMILES string of the molecule is CCCCCc1ccc(C(=O)Nc2nc3ccc(C)cc3s2)cc1. The largest absolute Gasteiger partial charge is 0.298 e. The molecule has 1 aromatic heterocycles. The predicted molar refractivity (Wildman–Crippen MR) is 102 cm³/mol. The van der Waals surface area contributed by atoms with Gasteiger partial charge in [0.05, 0.1) is 10.2 Å². The summed E-state index contributed by atoms with van der Waals surface area (Å²) in [6.45, 7) is 4.26. The standard InChI is InChI=1S/C20H22N2OS/c1-3-4-5-6-15-8-10-16(11-9-15)19(23)22-20-21-17-12-7-14(2)13-18(17)24-20/h7-13H,3-6H2,1-2H3,(H,21,22,23). The molecule has 4 heteroatoms. The number of aryl methyl sites for hydroxylation is 2. The van der Waals surface area contributed by atoms with Crippen molar-refractivity contribution in [1.82, 2.24) is 4.98 Å². The quantitative estimate of drug-likeness (QED) is 0.595. The van der Waals surface area contributed by atoms with Crippen molar-refractivity contribution in [1.29, 1.82) is 0 Å². The van der Waals surface area contributed by atoms with Gasteiger partial charge in [0.2, 0.25) is 0 Å². The number of benzene rings is 2. The van der Waals surface area contributed by atoms with Crippen LogP contribution in [0.25, 0.3) is 10.2 Å². The number of fused-ring (bicyclic) bond motifs is 1. The maximum Gasteiger partial charge on any atom is 0.257 e. The molecule has 3 rings (SSSR count). The highest BCUT2D eigenvalue weighted by molar-refractivity contribution is 7.22. The Hall–Kier alpha value is -2.20. The van der Waals surface area contributed by atoms with Gasteiger partial charge in [-0.25, -0.2) is 4.98 Å². The van der Waals surface area contributed by atoms with E-state index in [2.05, 4.69) is 30.2 Å². The number of hydrogen-bond donors (Lipinski definition) is 1. The number of nitrogens with zero attached hydrogens (tertiary/aromatic N) is 1. The third-order valence-corrected chi connectivity index (χ3v) is 4.98. The average Bonchev–Trinajstić information content (AvgIpc) is 2.97. The summed E-state index contributed by atoms with van der Waals surface area (Å²) in [5, 5.41) is 3.55. The van der Waals surface area contributed by atoms with Crippen LogP contribution in [0.1, 0.15) is 47.7 Å². The first-order chi connectivity index (χ1) is 11.7. The molecule has 0 spiro atoms. The Morgan fingerprint density at radius 1 is 1.12 bits per heavy atom. The van der Waals surface area contributed by atoms with Crippen LogP contribution in [0.3, 0.4) is 0 Å². The molecule has 0 aliphatic heterocycles. The summed E-state index contributed by atoms with van der Waals surface area (Å²) in [7, 11) is 0. The van der Waals surface area contributed by atoms with E-state index in [1.54, 1.807) is 0 Å². The summed E-state index contributed by atoms with van der Waals surface area (Å²) >= 11 is 1.51. The minimum absolute atomic E-state index is 0.106. The molecular weight excluding hydrogens is 316 g/mol. The minimum atomic E-state index is -0.106. The van der Waals surface area contributed by atoms with Gasteiger partial charge in [-0.2, -0.15) is 0 Å². The molecule has 0 aliphatic carbocycles. The molecule has 3 aromatic rings. The van der Waals surface area contributed by atoms with Gasteiger partial charge in [0, 0.05) is 5.56 Å². The maximum absolute atomic E-state index is 12.4. The van der Waals surface area contributed by atoms with E-state index in [0.717, 1.165) is 16.6 Å². The Balaban J connectivity index is 1.67. The summed E-state index contributed by atoms with van der Waals surface area (Å²) in [6, 6.07) is 14.0. The monoisotopic (exact) mass is 338 g/mol. The molecule has 0 saturated heterocycles. The minimum Gasteiger partial charge on any atom is -0.298 e. The zero-order chi connectivity index (χ0) is 16.9. The topological polar surface area (TPSA) is 42.0 Å². The fourth-order valence-electron chi connectivity index (χ4n) is 2.66. The van der Waals surface area contributed by atoms with E-state index in [1.807, 2.05) is 36.4 Å². The normalized spacial score (nSPS) is 10.9. The van der Waals surface area contributed by atoms with Crippen molar-refractivity contribution in [3.63, 3.8) is 0 Å². The zero-order valence-corrected chi connectivity index (χ0v) is 15.0. The first-order valence-electron chi connectivity index (χ1n) is 8.43. The molecule has 0 bridgehead atoms. The first-order valence-corrected chi connectivity index (χ1v) is 9.25. The fourth-order valence-corrected chi connectivity index (χ4v) is 3.62. The van der Waals surface area contributed by atoms with Crippen LogP contribution in [0.5, 0.6) is 0 Å². The Kier molecular flexibility index (Phi) is 5.26. The Labute approximate surface area is 146 Å². The van der Waals surface area contributed by atoms with E-state index in [0.29, 0.717) is 10.7 Å². The summed E-state index contributed by atoms with van der Waals surface area (Å²) in [6.07, 6.45) is 4.75. The molecule has 0 fully saturated rings.